The van der Waals surface area contributed by atoms with E-state index < -0.39 is 25.1 Å². The Bertz CT molecular complexity index is 1370. The summed E-state index contributed by atoms with van der Waals surface area (Å²) in [5.74, 6) is -0.107. The zero-order valence-corrected chi connectivity index (χ0v) is 18.2. The van der Waals surface area contributed by atoms with Gasteiger partial charge >= 0.3 is 10.1 Å². The average molecular weight is 476 g/mol. The minimum atomic E-state index is -4.30. The van der Waals surface area contributed by atoms with E-state index in [1.807, 2.05) is 6.92 Å². The highest BCUT2D eigenvalue weighted by molar-refractivity contribution is 7.89. The molecule has 0 bridgehead atoms. The lowest BCUT2D eigenvalue weighted by Crippen LogP contribution is -2.18. The summed E-state index contributed by atoms with van der Waals surface area (Å²) in [6.45, 7) is 1.82. The highest BCUT2D eigenvalue weighted by Gasteiger charge is 2.19. The smallest absolute Gasteiger partial charge is 0.339 e. The molecule has 0 aliphatic carbocycles. The number of hydrazone groups is 1. The number of non-ortho nitro benzene ring substituents is 1. The summed E-state index contributed by atoms with van der Waals surface area (Å²) >= 11 is 0. The van der Waals surface area contributed by atoms with Gasteiger partial charge in [-0.2, -0.15) is 21.9 Å². The van der Waals surface area contributed by atoms with Gasteiger partial charge < -0.3 is 4.18 Å². The topological polar surface area (TPSA) is 145 Å². The molecule has 0 aromatic heterocycles. The Kier molecular flexibility index (Phi) is 6.55. The number of para-hydroxylation sites is 1. The summed E-state index contributed by atoms with van der Waals surface area (Å²) in [7, 11) is -8.21. The lowest BCUT2D eigenvalue weighted by molar-refractivity contribution is -0.384. The van der Waals surface area contributed by atoms with Crippen molar-refractivity contribution in [3.63, 3.8) is 0 Å². The minimum absolute atomic E-state index is 0.0190. The molecule has 3 aromatic carbocycles. The van der Waals surface area contributed by atoms with Gasteiger partial charge in [0.25, 0.3) is 15.7 Å². The lowest BCUT2D eigenvalue weighted by atomic mass is 10.2. The lowest BCUT2D eigenvalue weighted by Gasteiger charge is -2.09. The summed E-state index contributed by atoms with van der Waals surface area (Å²) in [5, 5.41) is 14.4. The van der Waals surface area contributed by atoms with Crippen LogP contribution in [0.5, 0.6) is 5.75 Å². The molecule has 0 aliphatic rings. The first-order valence-electron chi connectivity index (χ1n) is 8.98. The largest absolute Gasteiger partial charge is 0.378 e. The Morgan fingerprint density at radius 3 is 2.12 bits per heavy atom. The van der Waals surface area contributed by atoms with Crippen LogP contribution >= 0.6 is 0 Å². The van der Waals surface area contributed by atoms with Crippen LogP contribution < -0.4 is 9.01 Å². The first kappa shape index (κ1) is 22.9. The Labute approximate surface area is 184 Å². The first-order valence-corrected chi connectivity index (χ1v) is 11.9. The zero-order valence-electron chi connectivity index (χ0n) is 16.6. The van der Waals surface area contributed by atoms with Crippen LogP contribution in [0, 0.1) is 17.0 Å². The molecule has 0 amide bonds. The number of hydrogen-bond donors (Lipinski definition) is 1. The fourth-order valence-electron chi connectivity index (χ4n) is 2.50. The third-order valence-electron chi connectivity index (χ3n) is 4.16. The van der Waals surface area contributed by atoms with Crippen molar-refractivity contribution in [2.45, 2.75) is 16.7 Å². The molecule has 0 atom stereocenters. The number of nitrogens with one attached hydrogen (secondary N) is 1. The fraction of sp³-hybridized carbons (Fsp3) is 0.0500. The number of rotatable bonds is 8. The van der Waals surface area contributed by atoms with E-state index >= 15 is 0 Å². The van der Waals surface area contributed by atoms with Gasteiger partial charge in [-0.15, -0.1) is 0 Å². The van der Waals surface area contributed by atoms with Gasteiger partial charge in [0.2, 0.25) is 0 Å². The Morgan fingerprint density at radius 1 is 0.906 bits per heavy atom. The second-order valence-corrected chi connectivity index (χ2v) is 9.70. The summed E-state index contributed by atoms with van der Waals surface area (Å²) in [6, 6.07) is 16.3. The van der Waals surface area contributed by atoms with Crippen LogP contribution in [-0.2, 0) is 20.1 Å². The highest BCUT2D eigenvalue weighted by Crippen LogP contribution is 2.23. The van der Waals surface area contributed by atoms with Crippen molar-refractivity contribution in [1.29, 1.82) is 0 Å². The van der Waals surface area contributed by atoms with Gasteiger partial charge in [-0.25, -0.2) is 4.83 Å². The molecule has 10 nitrogen and oxygen atoms in total. The van der Waals surface area contributed by atoms with Gasteiger partial charge in [-0.3, -0.25) is 10.1 Å². The van der Waals surface area contributed by atoms with Crippen molar-refractivity contribution >= 4 is 32.0 Å². The van der Waals surface area contributed by atoms with Crippen molar-refractivity contribution in [3.05, 3.63) is 94.0 Å². The monoisotopic (exact) mass is 475 g/mol. The third-order valence-corrected chi connectivity index (χ3v) is 6.65. The second kappa shape index (κ2) is 9.16. The van der Waals surface area contributed by atoms with E-state index in [-0.39, 0.29) is 26.8 Å². The minimum Gasteiger partial charge on any atom is -0.378 e. The van der Waals surface area contributed by atoms with Crippen LogP contribution in [-0.4, -0.2) is 28.0 Å². The van der Waals surface area contributed by atoms with Gasteiger partial charge in [0.05, 0.1) is 16.0 Å². The van der Waals surface area contributed by atoms with Gasteiger partial charge in [-0.05, 0) is 43.3 Å². The van der Waals surface area contributed by atoms with E-state index in [2.05, 4.69) is 9.93 Å². The normalized spacial score (nSPS) is 11.9. The molecule has 3 rings (SSSR count). The predicted octanol–water partition coefficient (Wildman–Crippen LogP) is 2.98. The molecular formula is C20H17N3O7S2. The molecule has 0 saturated carbocycles. The third kappa shape index (κ3) is 5.47. The van der Waals surface area contributed by atoms with Gasteiger partial charge in [0.15, 0.2) is 5.75 Å². The number of nitro groups is 1. The Hall–Kier alpha value is -3.77. The van der Waals surface area contributed by atoms with Gasteiger partial charge in [0, 0.05) is 17.7 Å². The number of aryl methyl sites for hydroxylation is 1. The molecule has 0 unspecified atom stereocenters. The molecule has 0 fully saturated rings. The molecule has 0 aliphatic heterocycles. The quantitative estimate of drug-likeness (QED) is 0.228. The van der Waals surface area contributed by atoms with E-state index in [9.17, 15) is 26.9 Å². The van der Waals surface area contributed by atoms with Crippen LogP contribution in [0.2, 0.25) is 0 Å². The summed E-state index contributed by atoms with van der Waals surface area (Å²) in [4.78, 5) is 11.9. The number of hydrogen-bond acceptors (Lipinski definition) is 8. The standard InChI is InChI=1S/C20H17N3O7S2/c1-15-6-10-18(11-7-15)31(26,27)22-21-14-16-4-2-3-5-20(16)30-32(28,29)19-12-8-17(9-13-19)23(24)25/h2-14,22H,1H3. The summed E-state index contributed by atoms with van der Waals surface area (Å²) < 4.78 is 54.8. The van der Waals surface area contributed by atoms with Crippen molar-refractivity contribution in [2.75, 3.05) is 0 Å². The average Bonchev–Trinajstić information content (AvgIpc) is 2.75. The second-order valence-electron chi connectivity index (χ2n) is 6.49. The maximum Gasteiger partial charge on any atom is 0.339 e. The number of nitrogens with zero attached hydrogens (tertiary/aromatic N) is 2. The first-order chi connectivity index (χ1) is 15.1. The molecule has 3 aromatic rings. The number of sulfonamides is 1. The molecule has 166 valence electrons. The SMILES string of the molecule is Cc1ccc(S(=O)(=O)NN=Cc2ccccc2OS(=O)(=O)c2ccc([N+](=O)[O-])cc2)cc1. The van der Waals surface area contributed by atoms with Gasteiger partial charge in [-0.1, -0.05) is 29.8 Å². The zero-order chi connectivity index (χ0) is 23.4. The van der Waals surface area contributed by atoms with E-state index in [1.54, 1.807) is 18.2 Å². The summed E-state index contributed by atoms with van der Waals surface area (Å²) in [6.07, 6.45) is 1.10. The highest BCUT2D eigenvalue weighted by atomic mass is 32.2. The predicted molar refractivity (Wildman–Crippen MR) is 116 cm³/mol. The number of nitro benzene ring substituents is 1. The molecular weight excluding hydrogens is 458 g/mol. The Morgan fingerprint density at radius 2 is 1.50 bits per heavy atom. The van der Waals surface area contributed by atoms with E-state index in [0.717, 1.165) is 36.0 Å². The molecule has 0 radical (unpaired) electrons. The maximum atomic E-state index is 12.5. The van der Waals surface area contributed by atoms with Crippen LogP contribution in [0.3, 0.4) is 0 Å². The van der Waals surface area contributed by atoms with Crippen molar-refractivity contribution in [2.24, 2.45) is 5.10 Å². The molecule has 1 N–H and O–H groups in total. The summed E-state index contributed by atoms with van der Waals surface area (Å²) in [5.41, 5.74) is 0.815. The van der Waals surface area contributed by atoms with Gasteiger partial charge in [0.1, 0.15) is 4.90 Å². The van der Waals surface area contributed by atoms with E-state index in [4.69, 9.17) is 4.18 Å². The molecule has 0 heterocycles. The maximum absolute atomic E-state index is 12.5. The van der Waals surface area contributed by atoms with Crippen LogP contribution in [0.4, 0.5) is 5.69 Å². The van der Waals surface area contributed by atoms with E-state index in [0.29, 0.717) is 0 Å². The molecule has 12 heteroatoms. The Balaban J connectivity index is 1.79. The van der Waals surface area contributed by atoms with Crippen LogP contribution in [0.15, 0.2) is 87.7 Å². The molecule has 32 heavy (non-hydrogen) atoms. The van der Waals surface area contributed by atoms with Crippen molar-refractivity contribution in [1.82, 2.24) is 4.83 Å². The molecule has 0 spiro atoms. The van der Waals surface area contributed by atoms with Crippen molar-refractivity contribution in [3.8, 4) is 5.75 Å². The molecule has 0 saturated heterocycles. The fourth-order valence-corrected chi connectivity index (χ4v) is 4.24. The van der Waals surface area contributed by atoms with E-state index in [1.165, 1.54) is 30.3 Å². The van der Waals surface area contributed by atoms with Crippen LogP contribution in [0.25, 0.3) is 0 Å². The van der Waals surface area contributed by atoms with Crippen molar-refractivity contribution < 1.29 is 25.9 Å². The number of benzene rings is 3. The van der Waals surface area contributed by atoms with Crippen LogP contribution in [0.1, 0.15) is 11.1 Å².